The summed E-state index contributed by atoms with van der Waals surface area (Å²) in [5, 5.41) is 0. The summed E-state index contributed by atoms with van der Waals surface area (Å²) in [6, 6.07) is 3.80. The number of hydrogen-bond acceptors (Lipinski definition) is 2. The van der Waals surface area contributed by atoms with Gasteiger partial charge in [0, 0.05) is 23.1 Å². The summed E-state index contributed by atoms with van der Waals surface area (Å²) >= 11 is 3.48. The van der Waals surface area contributed by atoms with E-state index in [2.05, 4.69) is 15.9 Å². The molecule has 0 atom stereocenters. The minimum atomic E-state index is 0.110. The molecule has 1 aliphatic heterocycles. The number of amides is 1. The average Bonchev–Trinajstić information content (AvgIpc) is 2.86. The van der Waals surface area contributed by atoms with Gasteiger partial charge in [-0.3, -0.25) is 4.79 Å². The third kappa shape index (κ3) is 2.53. The molecule has 0 bridgehead atoms. The molecule has 0 spiro atoms. The molecule has 0 aliphatic carbocycles. The normalized spacial score (nSPS) is 14.9. The summed E-state index contributed by atoms with van der Waals surface area (Å²) in [4.78, 5) is 14.4. The summed E-state index contributed by atoms with van der Waals surface area (Å²) < 4.78 is 6.40. The van der Waals surface area contributed by atoms with Crippen molar-refractivity contribution in [3.05, 3.63) is 27.7 Å². The Kier molecular flexibility index (Phi) is 4.27. The van der Waals surface area contributed by atoms with Crippen molar-refractivity contribution >= 4 is 21.8 Å². The predicted octanol–water partition coefficient (Wildman–Crippen LogP) is 3.39. The monoisotopic (exact) mass is 311 g/mol. The Labute approximate surface area is 116 Å². The summed E-state index contributed by atoms with van der Waals surface area (Å²) in [5.74, 6) is 0.904. The Balaban J connectivity index is 2.35. The predicted molar refractivity (Wildman–Crippen MR) is 75.2 cm³/mol. The molecular formula is C14H18BrNO2. The van der Waals surface area contributed by atoms with Crippen LogP contribution < -0.4 is 4.74 Å². The number of ether oxygens (including phenoxy) is 1. The molecule has 1 fully saturated rings. The zero-order chi connectivity index (χ0) is 13.1. The molecule has 1 aromatic rings. The Hall–Kier alpha value is -1.03. The van der Waals surface area contributed by atoms with Crippen molar-refractivity contribution in [2.75, 3.05) is 19.7 Å². The molecule has 4 heteroatoms. The molecular weight excluding hydrogens is 294 g/mol. The Bertz CT molecular complexity index is 453. The highest BCUT2D eigenvalue weighted by atomic mass is 79.9. The topological polar surface area (TPSA) is 29.5 Å². The molecule has 0 radical (unpaired) electrons. The second kappa shape index (κ2) is 5.74. The van der Waals surface area contributed by atoms with Gasteiger partial charge >= 0.3 is 0 Å². The molecule has 1 aliphatic rings. The van der Waals surface area contributed by atoms with E-state index in [9.17, 15) is 4.79 Å². The van der Waals surface area contributed by atoms with Gasteiger partial charge in [-0.15, -0.1) is 0 Å². The van der Waals surface area contributed by atoms with Gasteiger partial charge in [-0.05, 0) is 54.8 Å². The fourth-order valence-electron chi connectivity index (χ4n) is 2.31. The van der Waals surface area contributed by atoms with Crippen molar-refractivity contribution in [1.29, 1.82) is 0 Å². The first-order chi connectivity index (χ1) is 8.65. The van der Waals surface area contributed by atoms with E-state index in [1.54, 1.807) is 0 Å². The van der Waals surface area contributed by atoms with E-state index in [0.717, 1.165) is 47.3 Å². The molecule has 1 heterocycles. The largest absolute Gasteiger partial charge is 0.494 e. The molecule has 0 N–H and O–H groups in total. The van der Waals surface area contributed by atoms with Crippen LogP contribution in [0.1, 0.15) is 35.7 Å². The fourth-order valence-corrected chi connectivity index (χ4v) is 2.91. The summed E-state index contributed by atoms with van der Waals surface area (Å²) in [7, 11) is 0. The maximum absolute atomic E-state index is 12.5. The number of carbonyl (C=O) groups is 1. The van der Waals surface area contributed by atoms with Crippen LogP contribution >= 0.6 is 15.9 Å². The van der Waals surface area contributed by atoms with Gasteiger partial charge in [-0.1, -0.05) is 0 Å². The Morgan fingerprint density at radius 3 is 2.67 bits per heavy atom. The molecule has 1 amide bonds. The average molecular weight is 312 g/mol. The summed E-state index contributed by atoms with van der Waals surface area (Å²) in [6.07, 6.45) is 2.21. The number of benzene rings is 1. The van der Waals surface area contributed by atoms with Crippen molar-refractivity contribution < 1.29 is 9.53 Å². The van der Waals surface area contributed by atoms with Crippen molar-refractivity contribution in [3.8, 4) is 5.75 Å². The lowest BCUT2D eigenvalue weighted by Gasteiger charge is -2.19. The van der Waals surface area contributed by atoms with Gasteiger partial charge in [-0.25, -0.2) is 0 Å². The van der Waals surface area contributed by atoms with Gasteiger partial charge in [0.1, 0.15) is 5.75 Å². The number of likely N-dealkylation sites (tertiary alicyclic amines) is 1. The minimum absolute atomic E-state index is 0.110. The highest BCUT2D eigenvalue weighted by Crippen LogP contribution is 2.30. The highest BCUT2D eigenvalue weighted by molar-refractivity contribution is 9.10. The molecule has 0 unspecified atom stereocenters. The fraction of sp³-hybridized carbons (Fsp3) is 0.500. The molecule has 1 saturated heterocycles. The molecule has 0 aromatic heterocycles. The third-order valence-electron chi connectivity index (χ3n) is 3.27. The molecule has 3 nitrogen and oxygen atoms in total. The summed E-state index contributed by atoms with van der Waals surface area (Å²) in [6.45, 7) is 6.23. The Morgan fingerprint density at radius 1 is 1.39 bits per heavy atom. The van der Waals surface area contributed by atoms with Crippen molar-refractivity contribution in [2.24, 2.45) is 0 Å². The van der Waals surface area contributed by atoms with E-state index in [0.29, 0.717) is 6.61 Å². The maximum atomic E-state index is 12.5. The maximum Gasteiger partial charge on any atom is 0.255 e. The molecule has 1 aromatic carbocycles. The van der Waals surface area contributed by atoms with Crippen molar-refractivity contribution in [3.63, 3.8) is 0 Å². The highest BCUT2D eigenvalue weighted by Gasteiger charge is 2.24. The van der Waals surface area contributed by atoms with Gasteiger partial charge in [-0.2, -0.15) is 0 Å². The zero-order valence-corrected chi connectivity index (χ0v) is 12.4. The van der Waals surface area contributed by atoms with Gasteiger partial charge in [0.15, 0.2) is 0 Å². The van der Waals surface area contributed by atoms with Crippen LogP contribution in [-0.2, 0) is 0 Å². The Morgan fingerprint density at radius 2 is 2.06 bits per heavy atom. The quantitative estimate of drug-likeness (QED) is 0.856. The smallest absolute Gasteiger partial charge is 0.255 e. The van der Waals surface area contributed by atoms with Crippen LogP contribution in [0.15, 0.2) is 16.6 Å². The first-order valence-corrected chi connectivity index (χ1v) is 7.15. The number of carbonyl (C=O) groups excluding carboxylic acids is 1. The van der Waals surface area contributed by atoms with E-state index in [1.807, 2.05) is 30.9 Å². The van der Waals surface area contributed by atoms with Crippen LogP contribution in [0.3, 0.4) is 0 Å². The second-order valence-corrected chi connectivity index (χ2v) is 5.33. The lowest BCUT2D eigenvalue weighted by atomic mass is 10.1. The SMILES string of the molecule is CCOc1ccc(Br)c(C(=O)N2CCCC2)c1C. The van der Waals surface area contributed by atoms with E-state index in [1.165, 1.54) is 0 Å². The van der Waals surface area contributed by atoms with Crippen LogP contribution in [-0.4, -0.2) is 30.5 Å². The second-order valence-electron chi connectivity index (χ2n) is 4.48. The third-order valence-corrected chi connectivity index (χ3v) is 3.93. The van der Waals surface area contributed by atoms with Crippen LogP contribution in [0.5, 0.6) is 5.75 Å². The van der Waals surface area contributed by atoms with Gasteiger partial charge in [0.05, 0.1) is 12.2 Å². The van der Waals surface area contributed by atoms with E-state index < -0.39 is 0 Å². The van der Waals surface area contributed by atoms with Crippen LogP contribution in [0, 0.1) is 6.92 Å². The molecule has 98 valence electrons. The lowest BCUT2D eigenvalue weighted by molar-refractivity contribution is 0.0790. The number of rotatable bonds is 3. The number of halogens is 1. The number of nitrogens with zero attached hydrogens (tertiary/aromatic N) is 1. The first kappa shape index (κ1) is 13.4. The summed E-state index contributed by atoms with van der Waals surface area (Å²) in [5.41, 5.74) is 1.66. The van der Waals surface area contributed by atoms with E-state index in [4.69, 9.17) is 4.74 Å². The van der Waals surface area contributed by atoms with Gasteiger partial charge < -0.3 is 9.64 Å². The van der Waals surface area contributed by atoms with Crippen LogP contribution in [0.4, 0.5) is 0 Å². The van der Waals surface area contributed by atoms with Crippen LogP contribution in [0.2, 0.25) is 0 Å². The minimum Gasteiger partial charge on any atom is -0.494 e. The lowest BCUT2D eigenvalue weighted by Crippen LogP contribution is -2.28. The van der Waals surface area contributed by atoms with Gasteiger partial charge in [0.25, 0.3) is 5.91 Å². The van der Waals surface area contributed by atoms with Crippen molar-refractivity contribution in [1.82, 2.24) is 4.90 Å². The van der Waals surface area contributed by atoms with E-state index in [-0.39, 0.29) is 5.91 Å². The van der Waals surface area contributed by atoms with Crippen molar-refractivity contribution in [2.45, 2.75) is 26.7 Å². The molecule has 2 rings (SSSR count). The van der Waals surface area contributed by atoms with Crippen LogP contribution in [0.25, 0.3) is 0 Å². The zero-order valence-electron chi connectivity index (χ0n) is 10.8. The van der Waals surface area contributed by atoms with E-state index >= 15 is 0 Å². The molecule has 0 saturated carbocycles. The van der Waals surface area contributed by atoms with Gasteiger partial charge in [0.2, 0.25) is 0 Å². The number of hydrogen-bond donors (Lipinski definition) is 0. The standard InChI is InChI=1S/C14H18BrNO2/c1-3-18-12-7-6-11(15)13(10(12)2)14(17)16-8-4-5-9-16/h6-7H,3-5,8-9H2,1-2H3. The molecule has 18 heavy (non-hydrogen) atoms. The first-order valence-electron chi connectivity index (χ1n) is 6.36.